The summed E-state index contributed by atoms with van der Waals surface area (Å²) in [6, 6.07) is 0. The molecule has 0 fully saturated rings. The lowest BCUT2D eigenvalue weighted by Crippen LogP contribution is -1.70. The average Bonchev–Trinajstić information content (AvgIpc) is 2.09. The summed E-state index contributed by atoms with van der Waals surface area (Å²) in [4.78, 5) is 3.62. The van der Waals surface area contributed by atoms with Crippen LogP contribution in [-0.2, 0) is 0 Å². The predicted molar refractivity (Wildman–Crippen MR) is 55.6 cm³/mol. The van der Waals surface area contributed by atoms with E-state index in [9.17, 15) is 0 Å². The Balaban J connectivity index is 0. The highest BCUT2D eigenvalue weighted by Gasteiger charge is 1.80. The van der Waals surface area contributed by atoms with Crippen molar-refractivity contribution in [2.24, 2.45) is 4.99 Å². The number of aliphatic imine (C=N–C) groups is 1. The molecule has 0 amide bonds. The second-order valence-electron chi connectivity index (χ2n) is 1.76. The zero-order chi connectivity index (χ0) is 9.98. The highest BCUT2D eigenvalue weighted by Crippen LogP contribution is 1.97. The standard InChI is InChI=1S/C8H11NO.C2H6/c1-4-8(9-3)6-5-7(2)10;1-2/h4-6,10H,1,3H2,2H3;1-2H3/b7-5+,8-6+;. The van der Waals surface area contributed by atoms with Crippen LogP contribution in [0.5, 0.6) is 0 Å². The van der Waals surface area contributed by atoms with Crippen molar-refractivity contribution in [3.8, 4) is 0 Å². The Morgan fingerprint density at radius 1 is 1.33 bits per heavy atom. The molecular weight excluding hydrogens is 150 g/mol. The van der Waals surface area contributed by atoms with Crippen LogP contribution >= 0.6 is 0 Å². The molecule has 0 aliphatic heterocycles. The SMILES string of the molecule is C=C/C(=C\C=C(/C)O)N=C.CC. The maximum atomic E-state index is 8.71. The first kappa shape index (κ1) is 13.3. The summed E-state index contributed by atoms with van der Waals surface area (Å²) in [5.41, 5.74) is 0.647. The third-order valence-electron chi connectivity index (χ3n) is 0.887. The summed E-state index contributed by atoms with van der Waals surface area (Å²) in [7, 11) is 0. The summed E-state index contributed by atoms with van der Waals surface area (Å²) < 4.78 is 0. The van der Waals surface area contributed by atoms with Gasteiger partial charge in [-0.15, -0.1) is 0 Å². The monoisotopic (exact) mass is 167 g/mol. The molecule has 0 aromatic heterocycles. The van der Waals surface area contributed by atoms with Crippen molar-refractivity contribution in [3.63, 3.8) is 0 Å². The van der Waals surface area contributed by atoms with E-state index in [2.05, 4.69) is 18.3 Å². The fourth-order valence-corrected chi connectivity index (χ4v) is 0.391. The maximum Gasteiger partial charge on any atom is 0.0892 e. The van der Waals surface area contributed by atoms with Crippen LogP contribution in [0.25, 0.3) is 0 Å². The van der Waals surface area contributed by atoms with Crippen LogP contribution in [0.2, 0.25) is 0 Å². The average molecular weight is 167 g/mol. The van der Waals surface area contributed by atoms with Gasteiger partial charge in [-0.3, -0.25) is 4.99 Å². The van der Waals surface area contributed by atoms with Gasteiger partial charge in [-0.1, -0.05) is 20.4 Å². The quantitative estimate of drug-likeness (QED) is 0.390. The van der Waals surface area contributed by atoms with Crippen molar-refractivity contribution in [2.45, 2.75) is 20.8 Å². The first-order valence-electron chi connectivity index (χ1n) is 3.87. The van der Waals surface area contributed by atoms with Crippen molar-refractivity contribution >= 4 is 6.72 Å². The number of allylic oxidation sites excluding steroid dienone is 4. The zero-order valence-electron chi connectivity index (χ0n) is 8.04. The minimum atomic E-state index is 0.239. The third kappa shape index (κ3) is 8.69. The fourth-order valence-electron chi connectivity index (χ4n) is 0.391. The van der Waals surface area contributed by atoms with Gasteiger partial charge in [0.25, 0.3) is 0 Å². The molecule has 0 atom stereocenters. The van der Waals surface area contributed by atoms with Gasteiger partial charge in [0.2, 0.25) is 0 Å². The van der Waals surface area contributed by atoms with Gasteiger partial charge in [-0.25, -0.2) is 0 Å². The molecule has 1 N–H and O–H groups in total. The molecule has 0 radical (unpaired) electrons. The van der Waals surface area contributed by atoms with Gasteiger partial charge in [0.15, 0.2) is 0 Å². The molecule has 0 unspecified atom stereocenters. The molecule has 0 saturated heterocycles. The molecule has 0 spiro atoms. The Hall–Kier alpha value is -1.31. The van der Waals surface area contributed by atoms with Gasteiger partial charge >= 0.3 is 0 Å². The second-order valence-corrected chi connectivity index (χ2v) is 1.76. The third-order valence-corrected chi connectivity index (χ3v) is 0.887. The minimum Gasteiger partial charge on any atom is -0.513 e. The molecule has 0 aliphatic rings. The summed E-state index contributed by atoms with van der Waals surface area (Å²) in [5, 5.41) is 8.71. The number of nitrogens with zero attached hydrogens (tertiary/aromatic N) is 1. The van der Waals surface area contributed by atoms with Crippen LogP contribution in [0.4, 0.5) is 0 Å². The van der Waals surface area contributed by atoms with Crippen LogP contribution in [0.15, 0.2) is 41.3 Å². The minimum absolute atomic E-state index is 0.239. The smallest absolute Gasteiger partial charge is 0.0892 e. The van der Waals surface area contributed by atoms with Gasteiger partial charge in [0.05, 0.1) is 11.5 Å². The number of hydrogen-bond acceptors (Lipinski definition) is 2. The molecule has 0 bridgehead atoms. The van der Waals surface area contributed by atoms with Gasteiger partial charge < -0.3 is 5.11 Å². The van der Waals surface area contributed by atoms with E-state index in [1.165, 1.54) is 6.08 Å². The second kappa shape index (κ2) is 9.69. The van der Waals surface area contributed by atoms with E-state index in [0.717, 1.165) is 0 Å². The van der Waals surface area contributed by atoms with E-state index in [-0.39, 0.29) is 5.76 Å². The number of rotatable bonds is 3. The molecule has 68 valence electrons. The lowest BCUT2D eigenvalue weighted by molar-refractivity contribution is 0.414. The fraction of sp³-hybridized carbons (Fsp3) is 0.300. The Morgan fingerprint density at radius 3 is 2.08 bits per heavy atom. The summed E-state index contributed by atoms with van der Waals surface area (Å²) in [6.07, 6.45) is 4.73. The van der Waals surface area contributed by atoms with Crippen molar-refractivity contribution in [3.05, 3.63) is 36.3 Å². The molecular formula is C10H17NO. The Bertz CT molecular complexity index is 176. The van der Waals surface area contributed by atoms with Crippen molar-refractivity contribution < 1.29 is 5.11 Å². The number of aliphatic hydroxyl groups is 1. The Labute approximate surface area is 74.7 Å². The summed E-state index contributed by atoms with van der Waals surface area (Å²) in [6.45, 7) is 12.4. The normalized spacial score (nSPS) is 11.2. The van der Waals surface area contributed by atoms with E-state index in [4.69, 9.17) is 5.11 Å². The van der Waals surface area contributed by atoms with E-state index in [1.807, 2.05) is 13.8 Å². The highest BCUT2D eigenvalue weighted by atomic mass is 16.3. The number of aliphatic hydroxyl groups excluding tert-OH is 1. The van der Waals surface area contributed by atoms with Crippen molar-refractivity contribution in [1.29, 1.82) is 0 Å². The predicted octanol–water partition coefficient (Wildman–Crippen LogP) is 3.24. The van der Waals surface area contributed by atoms with Crippen LogP contribution in [0.3, 0.4) is 0 Å². The molecule has 2 heteroatoms. The first-order valence-corrected chi connectivity index (χ1v) is 3.87. The van der Waals surface area contributed by atoms with E-state index in [0.29, 0.717) is 5.70 Å². The maximum absolute atomic E-state index is 8.71. The molecule has 0 rings (SSSR count). The van der Waals surface area contributed by atoms with Gasteiger partial charge in [-0.05, 0) is 31.9 Å². The molecule has 0 aromatic carbocycles. The largest absolute Gasteiger partial charge is 0.513 e. The van der Waals surface area contributed by atoms with Crippen LogP contribution in [0, 0.1) is 0 Å². The van der Waals surface area contributed by atoms with E-state index >= 15 is 0 Å². The molecule has 0 aliphatic carbocycles. The molecule has 0 heterocycles. The topological polar surface area (TPSA) is 32.6 Å². The lowest BCUT2D eigenvalue weighted by Gasteiger charge is -1.87. The number of hydrogen-bond donors (Lipinski definition) is 1. The first-order chi connectivity index (χ1) is 5.70. The van der Waals surface area contributed by atoms with Gasteiger partial charge in [-0.2, -0.15) is 0 Å². The molecule has 0 saturated carbocycles. The Kier molecular flexibility index (Phi) is 10.7. The zero-order valence-corrected chi connectivity index (χ0v) is 8.04. The van der Waals surface area contributed by atoms with Crippen LogP contribution in [0.1, 0.15) is 20.8 Å². The van der Waals surface area contributed by atoms with Crippen LogP contribution < -0.4 is 0 Å². The van der Waals surface area contributed by atoms with Crippen molar-refractivity contribution in [2.75, 3.05) is 0 Å². The molecule has 12 heavy (non-hydrogen) atoms. The Morgan fingerprint density at radius 2 is 1.83 bits per heavy atom. The van der Waals surface area contributed by atoms with Crippen LogP contribution in [-0.4, -0.2) is 11.8 Å². The molecule has 2 nitrogen and oxygen atoms in total. The van der Waals surface area contributed by atoms with Crippen molar-refractivity contribution in [1.82, 2.24) is 0 Å². The van der Waals surface area contributed by atoms with E-state index in [1.54, 1.807) is 19.1 Å². The van der Waals surface area contributed by atoms with E-state index < -0.39 is 0 Å². The lowest BCUT2D eigenvalue weighted by atomic mass is 10.3. The summed E-state index contributed by atoms with van der Waals surface area (Å²) in [5.74, 6) is 0.239. The summed E-state index contributed by atoms with van der Waals surface area (Å²) >= 11 is 0. The van der Waals surface area contributed by atoms with Gasteiger partial charge in [0.1, 0.15) is 0 Å². The highest BCUT2D eigenvalue weighted by molar-refractivity contribution is 5.34. The molecule has 0 aromatic rings. The van der Waals surface area contributed by atoms with Gasteiger partial charge in [0, 0.05) is 0 Å².